The van der Waals surface area contributed by atoms with Gasteiger partial charge in [-0.25, -0.2) is 13.4 Å². The van der Waals surface area contributed by atoms with Crippen LogP contribution >= 0.6 is 23.1 Å². The minimum absolute atomic E-state index is 0.0761. The van der Waals surface area contributed by atoms with Crippen LogP contribution in [-0.2, 0) is 22.0 Å². The van der Waals surface area contributed by atoms with Crippen molar-refractivity contribution < 1.29 is 17.3 Å². The van der Waals surface area contributed by atoms with Crippen LogP contribution in [0, 0.1) is 5.92 Å². The molecular formula is C15H15N3O4S3. The lowest BCUT2D eigenvalue weighted by atomic mass is 10.1. The number of aromatic nitrogens is 3. The minimum Gasteiger partial charge on any atom is -0.444 e. The van der Waals surface area contributed by atoms with Crippen LogP contribution in [0.5, 0.6) is 0 Å². The number of rotatable bonds is 6. The number of hydrogen-bond donors (Lipinski definition) is 0. The van der Waals surface area contributed by atoms with Gasteiger partial charge in [-0.05, 0) is 23.8 Å². The van der Waals surface area contributed by atoms with E-state index in [2.05, 4.69) is 15.2 Å². The zero-order chi connectivity index (χ0) is 17.3. The van der Waals surface area contributed by atoms with Gasteiger partial charge in [-0.15, -0.1) is 21.5 Å². The molecule has 0 aromatic carbocycles. The van der Waals surface area contributed by atoms with Crippen molar-refractivity contribution in [3.63, 3.8) is 0 Å². The van der Waals surface area contributed by atoms with Gasteiger partial charge in [0.2, 0.25) is 11.8 Å². The molecule has 0 unspecified atom stereocenters. The largest absolute Gasteiger partial charge is 0.444 e. The van der Waals surface area contributed by atoms with Gasteiger partial charge in [0.25, 0.3) is 5.22 Å². The average Bonchev–Trinajstić information content (AvgIpc) is 3.32. The summed E-state index contributed by atoms with van der Waals surface area (Å²) in [5.74, 6) is 2.21. The van der Waals surface area contributed by atoms with E-state index in [0.717, 1.165) is 10.6 Å². The Labute approximate surface area is 152 Å². The highest BCUT2D eigenvalue weighted by Gasteiger charge is 2.29. The van der Waals surface area contributed by atoms with E-state index in [1.165, 1.54) is 11.8 Å². The van der Waals surface area contributed by atoms with Crippen molar-refractivity contribution >= 4 is 32.9 Å². The molecule has 0 aliphatic carbocycles. The van der Waals surface area contributed by atoms with E-state index in [-0.39, 0.29) is 17.4 Å². The van der Waals surface area contributed by atoms with E-state index in [9.17, 15) is 8.42 Å². The molecule has 3 aromatic rings. The van der Waals surface area contributed by atoms with E-state index >= 15 is 0 Å². The lowest BCUT2D eigenvalue weighted by Gasteiger charge is -2.01. The average molecular weight is 398 g/mol. The first-order valence-electron chi connectivity index (χ1n) is 7.71. The third-order valence-electron chi connectivity index (χ3n) is 3.87. The Balaban J connectivity index is 1.33. The summed E-state index contributed by atoms with van der Waals surface area (Å²) in [7, 11) is -2.88. The normalized spacial score (nSPS) is 19.4. The van der Waals surface area contributed by atoms with Gasteiger partial charge in [0.15, 0.2) is 9.84 Å². The predicted molar refractivity (Wildman–Crippen MR) is 94.1 cm³/mol. The lowest BCUT2D eigenvalue weighted by molar-refractivity contribution is 0.389. The molecule has 7 nitrogen and oxygen atoms in total. The number of sulfone groups is 1. The number of hydrogen-bond acceptors (Lipinski definition) is 9. The zero-order valence-corrected chi connectivity index (χ0v) is 15.6. The van der Waals surface area contributed by atoms with Gasteiger partial charge in [0, 0.05) is 12.2 Å². The first-order chi connectivity index (χ1) is 12.1. The molecule has 0 saturated carbocycles. The molecule has 4 rings (SSSR count). The van der Waals surface area contributed by atoms with Crippen LogP contribution in [0.3, 0.4) is 0 Å². The van der Waals surface area contributed by atoms with Gasteiger partial charge in [-0.3, -0.25) is 0 Å². The summed E-state index contributed by atoms with van der Waals surface area (Å²) in [4.78, 5) is 5.43. The van der Waals surface area contributed by atoms with Crippen molar-refractivity contribution in [3.8, 4) is 10.8 Å². The van der Waals surface area contributed by atoms with Gasteiger partial charge in [0.05, 0.1) is 22.1 Å². The second-order valence-electron chi connectivity index (χ2n) is 5.84. The summed E-state index contributed by atoms with van der Waals surface area (Å²) in [5, 5.41) is 10.4. The van der Waals surface area contributed by atoms with E-state index < -0.39 is 9.84 Å². The van der Waals surface area contributed by atoms with Crippen LogP contribution in [0.25, 0.3) is 10.8 Å². The van der Waals surface area contributed by atoms with Crippen LogP contribution in [0.2, 0.25) is 0 Å². The monoisotopic (exact) mass is 397 g/mol. The van der Waals surface area contributed by atoms with E-state index in [4.69, 9.17) is 8.83 Å². The fourth-order valence-electron chi connectivity index (χ4n) is 2.68. The Bertz CT molecular complexity index is 947. The van der Waals surface area contributed by atoms with Crippen molar-refractivity contribution in [1.82, 2.24) is 15.2 Å². The van der Waals surface area contributed by atoms with Crippen LogP contribution < -0.4 is 0 Å². The molecule has 0 radical (unpaired) electrons. The SMILES string of the molecule is O=S1(=O)CC[C@H](Cc2nnc(SCc3coc(-c4cccs4)n3)o2)C1. The summed E-state index contributed by atoms with van der Waals surface area (Å²) in [6, 6.07) is 3.91. The Hall–Kier alpha value is -1.65. The smallest absolute Gasteiger partial charge is 0.276 e. The standard InChI is InChI=1S/C15H15N3O4S3/c19-25(20)5-3-10(9-25)6-13-17-18-15(22-13)24-8-11-7-21-14(16-11)12-2-1-4-23-12/h1-2,4,7,10H,3,5-6,8-9H2/t10-/m1/s1. The lowest BCUT2D eigenvalue weighted by Crippen LogP contribution is -2.07. The van der Waals surface area contributed by atoms with Crippen molar-refractivity contribution in [3.05, 3.63) is 35.4 Å². The zero-order valence-electron chi connectivity index (χ0n) is 13.1. The van der Waals surface area contributed by atoms with Gasteiger partial charge in [-0.1, -0.05) is 17.8 Å². The number of thioether (sulfide) groups is 1. The maximum atomic E-state index is 11.5. The fourth-order valence-corrected chi connectivity index (χ4v) is 5.86. The molecule has 1 saturated heterocycles. The Morgan fingerprint density at radius 3 is 3.04 bits per heavy atom. The van der Waals surface area contributed by atoms with Crippen molar-refractivity contribution in [2.45, 2.75) is 23.8 Å². The maximum absolute atomic E-state index is 11.5. The molecule has 1 aliphatic rings. The molecule has 0 bridgehead atoms. The Kier molecular flexibility index (Phi) is 4.65. The summed E-state index contributed by atoms with van der Waals surface area (Å²) >= 11 is 2.96. The number of thiophene rings is 1. The molecule has 132 valence electrons. The van der Waals surface area contributed by atoms with Crippen LogP contribution in [-0.4, -0.2) is 35.1 Å². The van der Waals surface area contributed by atoms with Crippen LogP contribution in [0.15, 0.2) is 37.8 Å². The summed E-state index contributed by atoms with van der Waals surface area (Å²) < 4.78 is 34.1. The third kappa shape index (κ3) is 4.13. The summed E-state index contributed by atoms with van der Waals surface area (Å²) in [6.45, 7) is 0. The van der Waals surface area contributed by atoms with E-state index in [1.54, 1.807) is 17.6 Å². The highest BCUT2D eigenvalue weighted by Crippen LogP contribution is 2.28. The maximum Gasteiger partial charge on any atom is 0.276 e. The second-order valence-corrected chi connectivity index (χ2v) is 9.95. The fraction of sp³-hybridized carbons (Fsp3) is 0.400. The first-order valence-corrected chi connectivity index (χ1v) is 11.4. The molecule has 25 heavy (non-hydrogen) atoms. The van der Waals surface area contributed by atoms with Gasteiger partial charge < -0.3 is 8.83 Å². The third-order valence-corrected chi connectivity index (χ3v) is 7.41. The summed E-state index contributed by atoms with van der Waals surface area (Å²) in [5.41, 5.74) is 0.801. The molecule has 4 heterocycles. The number of oxazole rings is 1. The van der Waals surface area contributed by atoms with E-state index in [0.29, 0.717) is 35.6 Å². The topological polar surface area (TPSA) is 99.1 Å². The van der Waals surface area contributed by atoms with Gasteiger partial charge in [0.1, 0.15) is 6.26 Å². The molecular weight excluding hydrogens is 382 g/mol. The van der Waals surface area contributed by atoms with Crippen molar-refractivity contribution in [2.24, 2.45) is 5.92 Å². The number of nitrogens with zero attached hydrogens (tertiary/aromatic N) is 3. The molecule has 0 N–H and O–H groups in total. The molecule has 1 atom stereocenters. The van der Waals surface area contributed by atoms with E-state index in [1.807, 2.05) is 17.5 Å². The molecule has 1 fully saturated rings. The Morgan fingerprint density at radius 1 is 1.36 bits per heavy atom. The first kappa shape index (κ1) is 16.8. The highest BCUT2D eigenvalue weighted by atomic mass is 32.2. The minimum atomic E-state index is -2.88. The highest BCUT2D eigenvalue weighted by molar-refractivity contribution is 7.98. The molecule has 0 amide bonds. The van der Waals surface area contributed by atoms with Crippen molar-refractivity contribution in [2.75, 3.05) is 11.5 Å². The molecule has 1 aliphatic heterocycles. The molecule has 10 heteroatoms. The molecule has 0 spiro atoms. The van der Waals surface area contributed by atoms with Crippen molar-refractivity contribution in [1.29, 1.82) is 0 Å². The van der Waals surface area contributed by atoms with Crippen LogP contribution in [0.4, 0.5) is 0 Å². The predicted octanol–water partition coefficient (Wildman–Crippen LogP) is 3.06. The molecule has 3 aromatic heterocycles. The van der Waals surface area contributed by atoms with Gasteiger partial charge >= 0.3 is 0 Å². The second kappa shape index (κ2) is 6.93. The quantitative estimate of drug-likeness (QED) is 0.585. The Morgan fingerprint density at radius 2 is 2.28 bits per heavy atom. The summed E-state index contributed by atoms with van der Waals surface area (Å²) in [6.07, 6.45) is 2.81. The van der Waals surface area contributed by atoms with Gasteiger partial charge in [-0.2, -0.15) is 0 Å². The van der Waals surface area contributed by atoms with Crippen LogP contribution in [0.1, 0.15) is 18.0 Å².